The molecule has 10 unspecified atom stereocenters. The lowest BCUT2D eigenvalue weighted by molar-refractivity contribution is -0.163. The van der Waals surface area contributed by atoms with Crippen molar-refractivity contribution in [2.75, 3.05) is 6.61 Å². The number of hydrogen-bond donors (Lipinski definition) is 5. The van der Waals surface area contributed by atoms with Crippen LogP contribution in [0.4, 0.5) is 0 Å². The van der Waals surface area contributed by atoms with Crippen LogP contribution in [0, 0.1) is 39.9 Å². The number of aryl methyl sites for hydroxylation is 1. The quantitative estimate of drug-likeness (QED) is 0.287. The van der Waals surface area contributed by atoms with Crippen molar-refractivity contribution in [2.45, 2.75) is 110 Å². The number of carbonyl (C=O) groups is 1. The first-order valence-electron chi connectivity index (χ1n) is 15.5. The summed E-state index contributed by atoms with van der Waals surface area (Å²) in [6.45, 7) is 13.3. The van der Waals surface area contributed by atoms with Gasteiger partial charge in [-0.3, -0.25) is 4.79 Å². The predicted molar refractivity (Wildman–Crippen MR) is 155 cm³/mol. The van der Waals surface area contributed by atoms with Crippen molar-refractivity contribution in [1.82, 2.24) is 9.55 Å². The van der Waals surface area contributed by atoms with Crippen LogP contribution in [-0.4, -0.2) is 71.4 Å². The number of fused-ring (bicyclic) bond motifs is 5. The van der Waals surface area contributed by atoms with E-state index in [1.54, 1.807) is 18.6 Å². The molecule has 8 nitrogen and oxygen atoms in total. The van der Waals surface area contributed by atoms with Gasteiger partial charge in [0.05, 0.1) is 36.8 Å². The van der Waals surface area contributed by atoms with E-state index in [4.69, 9.17) is 0 Å². The van der Waals surface area contributed by atoms with E-state index in [0.29, 0.717) is 44.1 Å². The molecule has 5 N–H and O–H groups in total. The first kappa shape index (κ1) is 30.6. The maximum absolute atomic E-state index is 13.4. The molecule has 1 heterocycles. The minimum atomic E-state index is -1.35. The fourth-order valence-corrected chi connectivity index (χ4v) is 9.33. The normalized spacial score (nSPS) is 40.3. The number of imidazole rings is 1. The Balaban J connectivity index is 1.35. The van der Waals surface area contributed by atoms with Gasteiger partial charge in [-0.1, -0.05) is 39.8 Å². The molecule has 0 saturated heterocycles. The first-order chi connectivity index (χ1) is 19.2. The zero-order chi connectivity index (χ0) is 30.0. The van der Waals surface area contributed by atoms with Gasteiger partial charge < -0.3 is 30.1 Å². The Morgan fingerprint density at radius 1 is 1.22 bits per heavy atom. The third-order valence-corrected chi connectivity index (χ3v) is 12.4. The summed E-state index contributed by atoms with van der Waals surface area (Å²) >= 11 is 0. The molecule has 0 aliphatic heterocycles. The number of allylic oxidation sites excluding steroid dienone is 1. The third kappa shape index (κ3) is 4.78. The zero-order valence-corrected chi connectivity index (χ0v) is 25.2. The van der Waals surface area contributed by atoms with E-state index in [0.717, 1.165) is 18.5 Å². The molecule has 0 spiro atoms. The Morgan fingerprint density at radius 3 is 2.61 bits per heavy atom. The first-order valence-corrected chi connectivity index (χ1v) is 15.5. The molecule has 4 aliphatic carbocycles. The molecule has 1 aromatic heterocycles. The predicted octanol–water partition coefficient (Wildman–Crippen LogP) is 3.42. The third-order valence-electron chi connectivity index (χ3n) is 12.4. The number of ketones is 1. The van der Waals surface area contributed by atoms with Crippen LogP contribution in [0.3, 0.4) is 0 Å². The highest BCUT2D eigenvalue weighted by molar-refractivity contribution is 5.95. The highest BCUT2D eigenvalue weighted by Gasteiger charge is 2.68. The van der Waals surface area contributed by atoms with Gasteiger partial charge in [-0.05, 0) is 91.6 Å². The zero-order valence-electron chi connectivity index (χ0n) is 25.2. The number of nitrogens with zero attached hydrogens (tertiary/aromatic N) is 2. The summed E-state index contributed by atoms with van der Waals surface area (Å²) in [5.41, 5.74) is -1.28. The standard InChI is InChI=1S/C33H50N2O6/c1-20(30(3,4)10-12-35-13-11-34-19-35)14-26(37)21(2)22-7-9-33(41)24-15-27(38)25-16-28(39)29(40)17-31(25,5)23(24)6-8-32(22,33)18-36/h11,13,15,19,21-23,25-26,28-29,36-37,39-41H,1,6-10,12,14,16-18H2,2-5H3. The van der Waals surface area contributed by atoms with E-state index in [1.807, 2.05) is 24.6 Å². The maximum Gasteiger partial charge on any atom is 0.159 e. The highest BCUT2D eigenvalue weighted by Crippen LogP contribution is 2.68. The van der Waals surface area contributed by atoms with Crippen LogP contribution in [0.5, 0.6) is 0 Å². The highest BCUT2D eigenvalue weighted by atomic mass is 16.3. The largest absolute Gasteiger partial charge is 0.396 e. The molecular formula is C33H50N2O6. The number of carbonyl (C=O) groups excluding carboxylic acids is 1. The summed E-state index contributed by atoms with van der Waals surface area (Å²) in [4.78, 5) is 17.5. The summed E-state index contributed by atoms with van der Waals surface area (Å²) in [7, 11) is 0. The molecule has 228 valence electrons. The second kappa shape index (κ2) is 10.7. The summed E-state index contributed by atoms with van der Waals surface area (Å²) in [6.07, 6.45) is 8.81. The molecule has 1 aromatic rings. The van der Waals surface area contributed by atoms with Crippen molar-refractivity contribution in [3.8, 4) is 0 Å². The molecule has 3 saturated carbocycles. The van der Waals surface area contributed by atoms with Crippen molar-refractivity contribution in [3.63, 3.8) is 0 Å². The number of aromatic nitrogens is 2. The van der Waals surface area contributed by atoms with Gasteiger partial charge in [0.25, 0.3) is 0 Å². The Kier molecular flexibility index (Phi) is 7.99. The second-order valence-electron chi connectivity index (χ2n) is 14.7. The molecule has 10 atom stereocenters. The Bertz CT molecular complexity index is 1180. The van der Waals surface area contributed by atoms with Gasteiger partial charge in [0.1, 0.15) is 0 Å². The summed E-state index contributed by atoms with van der Waals surface area (Å²) in [5.74, 6) is -0.912. The Hall–Kier alpha value is -1.84. The van der Waals surface area contributed by atoms with E-state index < -0.39 is 34.7 Å². The van der Waals surface area contributed by atoms with Crippen molar-refractivity contribution >= 4 is 5.78 Å². The average Bonchev–Trinajstić information content (AvgIpc) is 3.55. The molecule has 3 fully saturated rings. The lowest BCUT2D eigenvalue weighted by atomic mass is 9.45. The number of aliphatic hydroxyl groups excluding tert-OH is 4. The van der Waals surface area contributed by atoms with Gasteiger partial charge in [-0.15, -0.1) is 0 Å². The van der Waals surface area contributed by atoms with Gasteiger partial charge in [0, 0.05) is 30.3 Å². The number of hydrogen-bond acceptors (Lipinski definition) is 7. The van der Waals surface area contributed by atoms with Gasteiger partial charge >= 0.3 is 0 Å². The van der Waals surface area contributed by atoms with Crippen LogP contribution < -0.4 is 0 Å². The maximum atomic E-state index is 13.4. The summed E-state index contributed by atoms with van der Waals surface area (Å²) in [5, 5.41) is 55.8. The molecule has 0 amide bonds. The van der Waals surface area contributed by atoms with E-state index in [2.05, 4.69) is 25.4 Å². The summed E-state index contributed by atoms with van der Waals surface area (Å²) < 4.78 is 2.04. The lowest BCUT2D eigenvalue weighted by Crippen LogP contribution is -2.62. The van der Waals surface area contributed by atoms with Crippen molar-refractivity contribution in [3.05, 3.63) is 42.5 Å². The molecule has 0 aromatic carbocycles. The fourth-order valence-electron chi connectivity index (χ4n) is 9.33. The van der Waals surface area contributed by atoms with Gasteiger partial charge in [-0.25, -0.2) is 4.98 Å². The molecule has 4 aliphatic rings. The monoisotopic (exact) mass is 570 g/mol. The number of aliphatic hydroxyl groups is 5. The van der Waals surface area contributed by atoms with Crippen LogP contribution in [0.25, 0.3) is 0 Å². The molecule has 0 bridgehead atoms. The van der Waals surface area contributed by atoms with Gasteiger partial charge in [-0.2, -0.15) is 0 Å². The van der Waals surface area contributed by atoms with Crippen molar-refractivity contribution in [1.29, 1.82) is 0 Å². The molecule has 5 rings (SSSR count). The molecule has 8 heteroatoms. The fraction of sp³-hybridized carbons (Fsp3) is 0.758. The minimum absolute atomic E-state index is 0.0994. The van der Waals surface area contributed by atoms with E-state index in [-0.39, 0.29) is 47.9 Å². The van der Waals surface area contributed by atoms with Crippen molar-refractivity contribution in [2.24, 2.45) is 39.9 Å². The molecule has 41 heavy (non-hydrogen) atoms. The van der Waals surface area contributed by atoms with Gasteiger partial charge in [0.15, 0.2) is 5.78 Å². The average molecular weight is 571 g/mol. The minimum Gasteiger partial charge on any atom is -0.396 e. The second-order valence-corrected chi connectivity index (χ2v) is 14.7. The van der Waals surface area contributed by atoms with Crippen LogP contribution in [0.2, 0.25) is 0 Å². The van der Waals surface area contributed by atoms with Crippen LogP contribution in [0.15, 0.2) is 42.5 Å². The smallest absolute Gasteiger partial charge is 0.159 e. The Labute approximate surface area is 244 Å². The van der Waals surface area contributed by atoms with E-state index in [1.165, 1.54) is 0 Å². The van der Waals surface area contributed by atoms with Gasteiger partial charge in [0.2, 0.25) is 0 Å². The SMILES string of the molecule is C=C(CC(O)C(C)C1CCC2(O)C3=CC(=O)C4CC(O)C(O)CC4(C)C3CCC12CO)C(C)(C)CCn1ccnc1. The molecule has 0 radical (unpaired) electrons. The van der Waals surface area contributed by atoms with Crippen LogP contribution in [-0.2, 0) is 11.3 Å². The topological polar surface area (TPSA) is 136 Å². The summed E-state index contributed by atoms with van der Waals surface area (Å²) in [6, 6.07) is 0. The lowest BCUT2D eigenvalue weighted by Gasteiger charge is -2.60. The van der Waals surface area contributed by atoms with Crippen molar-refractivity contribution < 1.29 is 30.3 Å². The van der Waals surface area contributed by atoms with Crippen LogP contribution in [0.1, 0.15) is 79.1 Å². The van der Waals surface area contributed by atoms with E-state index in [9.17, 15) is 30.3 Å². The molecular weight excluding hydrogens is 520 g/mol. The van der Waals surface area contributed by atoms with Crippen LogP contribution >= 0.6 is 0 Å². The number of rotatable bonds is 9. The Morgan fingerprint density at radius 2 is 1.95 bits per heavy atom. The van der Waals surface area contributed by atoms with E-state index >= 15 is 0 Å².